The number of nitrogens with zero attached hydrogens (tertiary/aromatic N) is 4. The van der Waals surface area contributed by atoms with E-state index in [4.69, 9.17) is 11.6 Å². The van der Waals surface area contributed by atoms with Gasteiger partial charge in [-0.1, -0.05) is 11.6 Å². The summed E-state index contributed by atoms with van der Waals surface area (Å²) in [5.41, 5.74) is 2.67. The molecular weight excluding hydrogens is 363 g/mol. The Balaban J connectivity index is 0.00000182. The zero-order chi connectivity index (χ0) is 16.5. The first-order valence-electron chi connectivity index (χ1n) is 8.15. The molecule has 2 aliphatic heterocycles. The van der Waals surface area contributed by atoms with Crippen molar-refractivity contribution in [2.75, 3.05) is 37.6 Å². The van der Waals surface area contributed by atoms with Crippen molar-refractivity contribution in [3.63, 3.8) is 0 Å². The Bertz CT molecular complexity index is 740. The van der Waals surface area contributed by atoms with Crippen molar-refractivity contribution in [3.05, 3.63) is 40.3 Å². The van der Waals surface area contributed by atoms with Crippen LogP contribution in [0.4, 0.5) is 5.82 Å². The fourth-order valence-electron chi connectivity index (χ4n) is 3.25. The summed E-state index contributed by atoms with van der Waals surface area (Å²) in [6, 6.07) is 3.75. The van der Waals surface area contributed by atoms with Gasteiger partial charge in [0.2, 0.25) is 0 Å². The van der Waals surface area contributed by atoms with Gasteiger partial charge in [-0.15, -0.1) is 12.4 Å². The van der Waals surface area contributed by atoms with Crippen LogP contribution in [-0.4, -0.2) is 58.7 Å². The summed E-state index contributed by atoms with van der Waals surface area (Å²) in [7, 11) is 0. The molecule has 25 heavy (non-hydrogen) atoms. The van der Waals surface area contributed by atoms with Crippen molar-refractivity contribution in [1.29, 1.82) is 0 Å². The number of anilines is 1. The molecular formula is C16H20Cl2N6O. The Morgan fingerprint density at radius 3 is 2.72 bits per heavy atom. The van der Waals surface area contributed by atoms with E-state index in [1.807, 2.05) is 17.0 Å². The molecule has 0 bridgehead atoms. The molecule has 0 atom stereocenters. The quantitative estimate of drug-likeness (QED) is 0.822. The Labute approximate surface area is 157 Å². The molecule has 1 fully saturated rings. The molecule has 134 valence electrons. The van der Waals surface area contributed by atoms with Gasteiger partial charge in [-0.05, 0) is 12.1 Å². The number of rotatable bonds is 2. The first kappa shape index (κ1) is 18.0. The molecule has 0 saturated carbocycles. The smallest absolute Gasteiger partial charge is 0.274 e. The fourth-order valence-corrected chi connectivity index (χ4v) is 3.36. The summed E-state index contributed by atoms with van der Waals surface area (Å²) < 4.78 is 0. The van der Waals surface area contributed by atoms with Crippen LogP contribution < -0.4 is 10.2 Å². The van der Waals surface area contributed by atoms with Gasteiger partial charge in [0, 0.05) is 63.1 Å². The standard InChI is InChI=1S/C16H19ClN6O.ClH/c17-11-1-2-14(19-9-11)22-5-7-23(8-6-22)16(24)15-12-10-18-4-3-13(12)20-21-15;/h1-2,9,18H,3-8,10H2,(H,20,21);1H. The minimum absolute atomic E-state index is 0. The second-order valence-electron chi connectivity index (χ2n) is 6.07. The molecule has 0 radical (unpaired) electrons. The van der Waals surface area contributed by atoms with E-state index < -0.39 is 0 Å². The molecule has 7 nitrogen and oxygen atoms in total. The van der Waals surface area contributed by atoms with E-state index in [0.717, 1.165) is 43.1 Å². The number of nitrogens with one attached hydrogen (secondary N) is 2. The molecule has 2 aromatic heterocycles. The molecule has 2 aromatic rings. The van der Waals surface area contributed by atoms with Gasteiger partial charge in [0.1, 0.15) is 5.82 Å². The molecule has 4 rings (SSSR count). The highest BCUT2D eigenvalue weighted by Gasteiger charge is 2.28. The highest BCUT2D eigenvalue weighted by molar-refractivity contribution is 6.30. The van der Waals surface area contributed by atoms with Crippen molar-refractivity contribution in [2.45, 2.75) is 13.0 Å². The lowest BCUT2D eigenvalue weighted by molar-refractivity contribution is 0.0739. The summed E-state index contributed by atoms with van der Waals surface area (Å²) >= 11 is 5.88. The van der Waals surface area contributed by atoms with Crippen molar-refractivity contribution in [1.82, 2.24) is 25.4 Å². The van der Waals surface area contributed by atoms with Crippen LogP contribution in [0.5, 0.6) is 0 Å². The molecule has 0 aromatic carbocycles. The molecule has 1 amide bonds. The van der Waals surface area contributed by atoms with E-state index in [9.17, 15) is 4.79 Å². The topological polar surface area (TPSA) is 77.2 Å². The van der Waals surface area contributed by atoms with Gasteiger partial charge in [-0.25, -0.2) is 4.98 Å². The average molecular weight is 383 g/mol. The predicted octanol–water partition coefficient (Wildman–Crippen LogP) is 1.49. The van der Waals surface area contributed by atoms with Gasteiger partial charge in [0.15, 0.2) is 5.69 Å². The number of piperazine rings is 1. The number of fused-ring (bicyclic) bond motifs is 1. The van der Waals surface area contributed by atoms with E-state index in [1.165, 1.54) is 0 Å². The number of pyridine rings is 1. The molecule has 1 saturated heterocycles. The number of hydrogen-bond donors (Lipinski definition) is 2. The molecule has 9 heteroatoms. The Kier molecular flexibility index (Phi) is 5.46. The lowest BCUT2D eigenvalue weighted by Gasteiger charge is -2.35. The molecule has 2 aliphatic rings. The molecule has 0 spiro atoms. The Morgan fingerprint density at radius 2 is 2.00 bits per heavy atom. The van der Waals surface area contributed by atoms with Crippen LogP contribution in [-0.2, 0) is 13.0 Å². The maximum atomic E-state index is 12.8. The first-order chi connectivity index (χ1) is 11.7. The fraction of sp³-hybridized carbons (Fsp3) is 0.438. The van der Waals surface area contributed by atoms with Crippen molar-refractivity contribution < 1.29 is 4.79 Å². The lowest BCUT2D eigenvalue weighted by atomic mass is 10.1. The predicted molar refractivity (Wildman–Crippen MR) is 98.6 cm³/mol. The van der Waals surface area contributed by atoms with Crippen molar-refractivity contribution >= 4 is 35.7 Å². The Morgan fingerprint density at radius 1 is 1.20 bits per heavy atom. The van der Waals surface area contributed by atoms with Crippen LogP contribution in [0.15, 0.2) is 18.3 Å². The van der Waals surface area contributed by atoms with Gasteiger partial charge >= 0.3 is 0 Å². The van der Waals surface area contributed by atoms with Crippen LogP contribution in [0.1, 0.15) is 21.7 Å². The number of aromatic amines is 1. The van der Waals surface area contributed by atoms with Crippen LogP contribution in [0, 0.1) is 0 Å². The highest BCUT2D eigenvalue weighted by atomic mass is 35.5. The number of aromatic nitrogens is 3. The lowest BCUT2D eigenvalue weighted by Crippen LogP contribution is -2.49. The minimum Gasteiger partial charge on any atom is -0.353 e. The summed E-state index contributed by atoms with van der Waals surface area (Å²) in [5, 5.41) is 11.2. The van der Waals surface area contributed by atoms with E-state index in [-0.39, 0.29) is 18.3 Å². The number of hydrogen-bond acceptors (Lipinski definition) is 5. The second-order valence-corrected chi connectivity index (χ2v) is 6.51. The molecule has 4 heterocycles. The maximum absolute atomic E-state index is 12.8. The average Bonchev–Trinajstić information content (AvgIpc) is 3.06. The Hall–Kier alpha value is -1.83. The van der Waals surface area contributed by atoms with Gasteiger partial charge in [0.05, 0.1) is 5.02 Å². The second kappa shape index (κ2) is 7.59. The minimum atomic E-state index is 0. The SMILES string of the molecule is Cl.O=C(c1n[nH]c2c1CNCC2)N1CCN(c2ccc(Cl)cn2)CC1. The monoisotopic (exact) mass is 382 g/mol. The zero-order valence-electron chi connectivity index (χ0n) is 13.7. The number of carbonyl (C=O) groups is 1. The first-order valence-corrected chi connectivity index (χ1v) is 8.53. The number of carbonyl (C=O) groups excluding carboxylic acids is 1. The van der Waals surface area contributed by atoms with Crippen molar-refractivity contribution in [2.24, 2.45) is 0 Å². The van der Waals surface area contributed by atoms with Gasteiger partial charge in [-0.2, -0.15) is 5.10 Å². The van der Waals surface area contributed by atoms with Crippen LogP contribution in [0.2, 0.25) is 5.02 Å². The van der Waals surface area contributed by atoms with Crippen LogP contribution in [0.25, 0.3) is 0 Å². The summed E-state index contributed by atoms with van der Waals surface area (Å²) in [6.45, 7) is 4.48. The van der Waals surface area contributed by atoms with E-state index in [1.54, 1.807) is 6.20 Å². The number of amides is 1. The third-order valence-corrected chi connectivity index (χ3v) is 4.84. The molecule has 0 aliphatic carbocycles. The van der Waals surface area contributed by atoms with E-state index >= 15 is 0 Å². The summed E-state index contributed by atoms with van der Waals surface area (Å²) in [6.07, 6.45) is 2.54. The van der Waals surface area contributed by atoms with E-state index in [0.29, 0.717) is 30.4 Å². The summed E-state index contributed by atoms with van der Waals surface area (Å²) in [5.74, 6) is 0.910. The largest absolute Gasteiger partial charge is 0.353 e. The van der Waals surface area contributed by atoms with Gasteiger partial charge in [0.25, 0.3) is 5.91 Å². The van der Waals surface area contributed by atoms with Crippen LogP contribution in [0.3, 0.4) is 0 Å². The summed E-state index contributed by atoms with van der Waals surface area (Å²) in [4.78, 5) is 21.2. The normalized spacial score (nSPS) is 17.0. The number of halogens is 2. The molecule has 2 N–H and O–H groups in total. The highest BCUT2D eigenvalue weighted by Crippen LogP contribution is 2.20. The number of H-pyrrole nitrogens is 1. The van der Waals surface area contributed by atoms with Crippen molar-refractivity contribution in [3.8, 4) is 0 Å². The maximum Gasteiger partial charge on any atom is 0.274 e. The van der Waals surface area contributed by atoms with Crippen LogP contribution >= 0.6 is 24.0 Å². The zero-order valence-corrected chi connectivity index (χ0v) is 15.2. The van der Waals surface area contributed by atoms with Gasteiger partial charge < -0.3 is 15.1 Å². The van der Waals surface area contributed by atoms with E-state index in [2.05, 4.69) is 25.4 Å². The van der Waals surface area contributed by atoms with Gasteiger partial charge in [-0.3, -0.25) is 9.89 Å². The third-order valence-electron chi connectivity index (χ3n) is 4.61. The third kappa shape index (κ3) is 3.58. The molecule has 0 unspecified atom stereocenters.